The number of para-hydroxylation sites is 1. The highest BCUT2D eigenvalue weighted by Crippen LogP contribution is 2.24. The molecule has 10 heteroatoms. The Balaban J connectivity index is 1.71. The molecule has 0 aliphatic carbocycles. The first-order valence-electron chi connectivity index (χ1n) is 8.86. The molecule has 0 aliphatic rings. The van der Waals surface area contributed by atoms with Crippen molar-refractivity contribution < 1.29 is 9.59 Å². The lowest BCUT2D eigenvalue weighted by Crippen LogP contribution is -2.18. The maximum atomic E-state index is 12.5. The van der Waals surface area contributed by atoms with Crippen LogP contribution in [0.3, 0.4) is 0 Å². The number of halogens is 1. The predicted molar refractivity (Wildman–Crippen MR) is 118 cm³/mol. The Bertz CT molecular complexity index is 1170. The van der Waals surface area contributed by atoms with Crippen molar-refractivity contribution in [2.24, 2.45) is 0 Å². The van der Waals surface area contributed by atoms with E-state index in [0.717, 1.165) is 17.3 Å². The quantitative estimate of drug-likeness (QED) is 0.502. The summed E-state index contributed by atoms with van der Waals surface area (Å²) in [6.45, 7) is 3.24. The standard InChI is InChI=1S/C20H18ClN5O3S/c1-11-7-8-13(21)9-16(11)23-17(28)10-30-20-24-19(29)18(25-26-20)14-5-3-4-6-15(14)22-12(2)27/h3-9H,10H2,1-2H3,(H,22,27)(H,23,28)(H,24,26,29). The van der Waals surface area contributed by atoms with Crippen LogP contribution in [-0.2, 0) is 9.59 Å². The van der Waals surface area contributed by atoms with E-state index in [1.165, 1.54) is 6.92 Å². The number of thioether (sulfide) groups is 1. The minimum absolute atomic E-state index is 0.0262. The molecule has 0 unspecified atom stereocenters. The molecule has 3 aromatic rings. The Kier molecular flexibility index (Phi) is 6.86. The SMILES string of the molecule is CC(=O)Nc1ccccc1-c1nnc(SCC(=O)Nc2cc(Cl)ccc2C)[nH]c1=O. The first-order valence-corrected chi connectivity index (χ1v) is 10.2. The second kappa shape index (κ2) is 9.55. The summed E-state index contributed by atoms with van der Waals surface area (Å²) in [5, 5.41) is 14.1. The van der Waals surface area contributed by atoms with Crippen LogP contribution in [0.4, 0.5) is 11.4 Å². The second-order valence-electron chi connectivity index (χ2n) is 6.33. The molecule has 3 rings (SSSR count). The van der Waals surface area contributed by atoms with Gasteiger partial charge in [-0.2, -0.15) is 0 Å². The van der Waals surface area contributed by atoms with Crippen LogP contribution < -0.4 is 16.2 Å². The number of aromatic nitrogens is 3. The maximum absolute atomic E-state index is 12.5. The zero-order valence-electron chi connectivity index (χ0n) is 16.2. The van der Waals surface area contributed by atoms with E-state index < -0.39 is 5.56 Å². The number of aryl methyl sites for hydroxylation is 1. The molecule has 0 spiro atoms. The van der Waals surface area contributed by atoms with Gasteiger partial charge in [0.15, 0.2) is 10.9 Å². The average molecular weight is 444 g/mol. The highest BCUT2D eigenvalue weighted by Gasteiger charge is 2.14. The summed E-state index contributed by atoms with van der Waals surface area (Å²) in [6.07, 6.45) is 0. The third-order valence-corrected chi connectivity index (χ3v) is 5.08. The van der Waals surface area contributed by atoms with E-state index in [9.17, 15) is 14.4 Å². The zero-order chi connectivity index (χ0) is 21.7. The Hall–Kier alpha value is -3.17. The van der Waals surface area contributed by atoms with E-state index >= 15 is 0 Å². The van der Waals surface area contributed by atoms with Crippen molar-refractivity contribution in [3.63, 3.8) is 0 Å². The van der Waals surface area contributed by atoms with Gasteiger partial charge in [0, 0.05) is 23.2 Å². The third kappa shape index (κ3) is 5.46. The van der Waals surface area contributed by atoms with Crippen LogP contribution in [0.2, 0.25) is 5.02 Å². The molecule has 0 bridgehead atoms. The van der Waals surface area contributed by atoms with Gasteiger partial charge in [-0.1, -0.05) is 47.6 Å². The summed E-state index contributed by atoms with van der Waals surface area (Å²) >= 11 is 7.00. The van der Waals surface area contributed by atoms with Crippen molar-refractivity contribution in [3.05, 3.63) is 63.4 Å². The number of amides is 2. The topological polar surface area (TPSA) is 117 Å². The number of benzene rings is 2. The number of rotatable bonds is 6. The molecule has 0 aliphatic heterocycles. The molecule has 0 radical (unpaired) electrons. The highest BCUT2D eigenvalue weighted by atomic mass is 35.5. The maximum Gasteiger partial charge on any atom is 0.278 e. The number of H-pyrrole nitrogens is 1. The molecular formula is C20H18ClN5O3S. The Morgan fingerprint density at radius 3 is 2.60 bits per heavy atom. The molecule has 2 amide bonds. The van der Waals surface area contributed by atoms with E-state index in [1.54, 1.807) is 36.4 Å². The lowest BCUT2D eigenvalue weighted by atomic mass is 10.1. The Morgan fingerprint density at radius 2 is 1.87 bits per heavy atom. The van der Waals surface area contributed by atoms with Gasteiger partial charge < -0.3 is 10.6 Å². The van der Waals surface area contributed by atoms with Crippen LogP contribution in [-0.4, -0.2) is 32.7 Å². The van der Waals surface area contributed by atoms with Crippen LogP contribution in [0, 0.1) is 6.92 Å². The normalized spacial score (nSPS) is 10.5. The number of aromatic amines is 1. The van der Waals surface area contributed by atoms with Gasteiger partial charge in [-0.3, -0.25) is 19.4 Å². The molecule has 1 heterocycles. The van der Waals surface area contributed by atoms with Gasteiger partial charge in [-0.15, -0.1) is 10.2 Å². The highest BCUT2D eigenvalue weighted by molar-refractivity contribution is 7.99. The minimum atomic E-state index is -0.476. The summed E-state index contributed by atoms with van der Waals surface area (Å²) in [5.41, 5.74) is 2.01. The van der Waals surface area contributed by atoms with Crippen LogP contribution in [0.5, 0.6) is 0 Å². The first kappa shape index (κ1) is 21.5. The van der Waals surface area contributed by atoms with Crippen LogP contribution in [0.25, 0.3) is 11.3 Å². The monoisotopic (exact) mass is 443 g/mol. The molecule has 30 heavy (non-hydrogen) atoms. The lowest BCUT2D eigenvalue weighted by Gasteiger charge is -2.09. The van der Waals surface area contributed by atoms with E-state index in [4.69, 9.17) is 11.6 Å². The molecular weight excluding hydrogens is 426 g/mol. The largest absolute Gasteiger partial charge is 0.326 e. The van der Waals surface area contributed by atoms with Crippen LogP contribution in [0.1, 0.15) is 12.5 Å². The van der Waals surface area contributed by atoms with Gasteiger partial charge in [0.2, 0.25) is 11.8 Å². The van der Waals surface area contributed by atoms with Gasteiger partial charge in [-0.25, -0.2) is 0 Å². The number of nitrogens with zero attached hydrogens (tertiary/aromatic N) is 2. The van der Waals surface area contributed by atoms with Crippen molar-refractivity contribution in [2.45, 2.75) is 19.0 Å². The first-order chi connectivity index (χ1) is 14.3. The summed E-state index contributed by atoms with van der Waals surface area (Å²) in [7, 11) is 0. The number of nitrogens with one attached hydrogen (secondary N) is 3. The minimum Gasteiger partial charge on any atom is -0.326 e. The lowest BCUT2D eigenvalue weighted by molar-refractivity contribution is -0.114. The van der Waals surface area contributed by atoms with Gasteiger partial charge >= 0.3 is 0 Å². The van der Waals surface area contributed by atoms with Crippen LogP contribution >= 0.6 is 23.4 Å². The van der Waals surface area contributed by atoms with E-state index in [0.29, 0.717) is 22.0 Å². The van der Waals surface area contributed by atoms with Crippen molar-refractivity contribution in [3.8, 4) is 11.3 Å². The van der Waals surface area contributed by atoms with E-state index in [-0.39, 0.29) is 28.4 Å². The summed E-state index contributed by atoms with van der Waals surface area (Å²) in [6, 6.07) is 12.0. The predicted octanol–water partition coefficient (Wildman–Crippen LogP) is 3.48. The van der Waals surface area contributed by atoms with Gasteiger partial charge in [0.1, 0.15) is 0 Å². The number of anilines is 2. The zero-order valence-corrected chi connectivity index (χ0v) is 17.7. The van der Waals surface area contributed by atoms with Crippen molar-refractivity contribution in [1.29, 1.82) is 0 Å². The molecule has 0 atom stereocenters. The van der Waals surface area contributed by atoms with E-state index in [1.807, 2.05) is 13.0 Å². The Labute approximate surface area is 181 Å². The summed E-state index contributed by atoms with van der Waals surface area (Å²) < 4.78 is 0. The molecule has 154 valence electrons. The average Bonchev–Trinajstić information content (AvgIpc) is 2.69. The molecule has 2 aromatic carbocycles. The number of carbonyl (C=O) groups is 2. The Morgan fingerprint density at radius 1 is 1.10 bits per heavy atom. The number of hydrogen-bond acceptors (Lipinski definition) is 6. The molecule has 8 nitrogen and oxygen atoms in total. The molecule has 0 saturated carbocycles. The fourth-order valence-corrected chi connectivity index (χ4v) is 3.38. The fraction of sp³-hybridized carbons (Fsp3) is 0.150. The van der Waals surface area contributed by atoms with Gasteiger partial charge in [0.05, 0.1) is 11.4 Å². The van der Waals surface area contributed by atoms with Crippen LogP contribution in [0.15, 0.2) is 52.4 Å². The second-order valence-corrected chi connectivity index (χ2v) is 7.73. The summed E-state index contributed by atoms with van der Waals surface area (Å²) in [5.74, 6) is -0.508. The smallest absolute Gasteiger partial charge is 0.278 e. The fourth-order valence-electron chi connectivity index (χ4n) is 2.60. The molecule has 0 fully saturated rings. The molecule has 0 saturated heterocycles. The summed E-state index contributed by atoms with van der Waals surface area (Å²) in [4.78, 5) is 38.7. The number of hydrogen-bond donors (Lipinski definition) is 3. The van der Waals surface area contributed by atoms with Gasteiger partial charge in [0.25, 0.3) is 5.56 Å². The molecule has 3 N–H and O–H groups in total. The molecule has 1 aromatic heterocycles. The third-order valence-electron chi connectivity index (χ3n) is 3.98. The van der Waals surface area contributed by atoms with Crippen molar-refractivity contribution in [2.75, 3.05) is 16.4 Å². The van der Waals surface area contributed by atoms with Gasteiger partial charge in [-0.05, 0) is 30.7 Å². The van der Waals surface area contributed by atoms with Crippen molar-refractivity contribution in [1.82, 2.24) is 15.2 Å². The van der Waals surface area contributed by atoms with Crippen molar-refractivity contribution >= 4 is 46.6 Å². The van der Waals surface area contributed by atoms with E-state index in [2.05, 4.69) is 25.8 Å². The number of carbonyl (C=O) groups excluding carboxylic acids is 2.